The highest BCUT2D eigenvalue weighted by Gasteiger charge is 2.57. The number of hydrogen-bond donors (Lipinski definition) is 2. The molecule has 35 heavy (non-hydrogen) atoms. The molecule has 1 spiro atoms. The molecule has 1 aliphatic carbocycles. The maximum atomic E-state index is 13.7. The Labute approximate surface area is 203 Å². The molecule has 0 bridgehead atoms. The van der Waals surface area contributed by atoms with Crippen LogP contribution < -0.4 is 5.48 Å². The molecule has 3 heterocycles. The van der Waals surface area contributed by atoms with Gasteiger partial charge in [-0.2, -0.15) is 0 Å². The summed E-state index contributed by atoms with van der Waals surface area (Å²) in [6.07, 6.45) is 6.13. The third kappa shape index (κ3) is 4.16. The molecule has 5 rings (SSSR count). The lowest BCUT2D eigenvalue weighted by molar-refractivity contribution is -0.150. The second-order valence-electron chi connectivity index (χ2n) is 9.83. The van der Waals surface area contributed by atoms with Crippen LogP contribution in [-0.2, 0) is 20.9 Å². The van der Waals surface area contributed by atoms with E-state index in [-0.39, 0.29) is 11.3 Å². The fourth-order valence-electron chi connectivity index (χ4n) is 5.61. The van der Waals surface area contributed by atoms with Crippen LogP contribution in [0.5, 0.6) is 0 Å². The van der Waals surface area contributed by atoms with Crippen molar-refractivity contribution in [3.8, 4) is 0 Å². The summed E-state index contributed by atoms with van der Waals surface area (Å²) < 4.78 is 7.06. The van der Waals surface area contributed by atoms with E-state index in [1.807, 2.05) is 18.5 Å². The Hall–Kier alpha value is -3.40. The number of carbonyl (C=O) groups excluding carboxylic acids is 3. The minimum absolute atomic E-state index is 0.180. The number of aryl methyl sites for hydroxylation is 1. The molecule has 2 fully saturated rings. The number of nitrogens with zero attached hydrogens (tertiary/aromatic N) is 4. The highest BCUT2D eigenvalue weighted by atomic mass is 16.5. The summed E-state index contributed by atoms with van der Waals surface area (Å²) in [6, 6.07) is 5.18. The minimum Gasteiger partial charge on any atom is -0.453 e. The van der Waals surface area contributed by atoms with Crippen LogP contribution in [0.25, 0.3) is 16.6 Å². The highest BCUT2D eigenvalue weighted by molar-refractivity contribution is 5.93. The normalized spacial score (nSPS) is 23.2. The average Bonchev–Trinajstić information content (AvgIpc) is 3.51. The van der Waals surface area contributed by atoms with Crippen molar-refractivity contribution in [2.24, 2.45) is 11.3 Å². The van der Waals surface area contributed by atoms with Crippen molar-refractivity contribution in [1.82, 2.24) is 24.8 Å². The topological polar surface area (TPSA) is 117 Å². The van der Waals surface area contributed by atoms with Crippen LogP contribution in [0.4, 0.5) is 4.79 Å². The van der Waals surface area contributed by atoms with Gasteiger partial charge < -0.3 is 14.2 Å². The third-order valence-electron chi connectivity index (χ3n) is 7.80. The Balaban J connectivity index is 1.38. The molecule has 3 aliphatic rings. The number of carbonyl (C=O) groups is 3. The number of hydroxylamine groups is 1. The lowest BCUT2D eigenvalue weighted by Gasteiger charge is -2.44. The Morgan fingerprint density at radius 3 is 2.71 bits per heavy atom. The SMILES string of the molecule is CCn1cnc2ccc(C3=CCN(C(=O)[C@@H]4[C@@H](C(=O)NO)CC5(CC5)CN4C(=O)OC)CC3)cc21. The number of fused-ring (bicyclic) bond motifs is 1. The van der Waals surface area contributed by atoms with Crippen LogP contribution in [0.3, 0.4) is 0 Å². The molecule has 186 valence electrons. The van der Waals surface area contributed by atoms with Gasteiger partial charge in [0.25, 0.3) is 0 Å². The van der Waals surface area contributed by atoms with Gasteiger partial charge in [-0.25, -0.2) is 15.3 Å². The molecule has 2 atom stereocenters. The summed E-state index contributed by atoms with van der Waals surface area (Å²) in [7, 11) is 1.27. The summed E-state index contributed by atoms with van der Waals surface area (Å²) in [5.41, 5.74) is 5.80. The largest absolute Gasteiger partial charge is 0.453 e. The summed E-state index contributed by atoms with van der Waals surface area (Å²) in [5.74, 6) is -1.77. The molecular weight excluding hydrogens is 450 g/mol. The van der Waals surface area contributed by atoms with Crippen LogP contribution in [0, 0.1) is 11.3 Å². The van der Waals surface area contributed by atoms with Gasteiger partial charge in [0.15, 0.2) is 0 Å². The number of rotatable bonds is 4. The molecule has 2 aromatic rings. The third-order valence-corrected chi connectivity index (χ3v) is 7.80. The second kappa shape index (κ2) is 8.99. The van der Waals surface area contributed by atoms with E-state index in [1.54, 1.807) is 10.4 Å². The number of likely N-dealkylation sites (tertiary alicyclic amines) is 1. The lowest BCUT2D eigenvalue weighted by Crippen LogP contribution is -2.62. The molecule has 1 saturated heterocycles. The number of methoxy groups -OCH3 is 1. The Morgan fingerprint density at radius 2 is 2.09 bits per heavy atom. The highest BCUT2D eigenvalue weighted by Crippen LogP contribution is 2.55. The molecular formula is C25H31N5O5. The fourth-order valence-corrected chi connectivity index (χ4v) is 5.61. The Kier molecular flexibility index (Phi) is 6.00. The van der Waals surface area contributed by atoms with E-state index in [4.69, 9.17) is 4.74 Å². The van der Waals surface area contributed by atoms with Crippen molar-refractivity contribution < 1.29 is 24.3 Å². The first-order valence-electron chi connectivity index (χ1n) is 12.1. The smallest absolute Gasteiger partial charge is 0.410 e. The van der Waals surface area contributed by atoms with E-state index in [1.165, 1.54) is 12.0 Å². The van der Waals surface area contributed by atoms with E-state index in [9.17, 15) is 19.6 Å². The zero-order valence-corrected chi connectivity index (χ0v) is 20.1. The second-order valence-corrected chi connectivity index (χ2v) is 9.83. The zero-order valence-electron chi connectivity index (χ0n) is 20.1. The van der Waals surface area contributed by atoms with Gasteiger partial charge in [0, 0.05) is 26.2 Å². The fraction of sp³-hybridized carbons (Fsp3) is 0.520. The van der Waals surface area contributed by atoms with Crippen LogP contribution in [-0.4, -0.2) is 75.3 Å². The molecule has 3 amide bonds. The Morgan fingerprint density at radius 1 is 1.29 bits per heavy atom. The van der Waals surface area contributed by atoms with Gasteiger partial charge in [0.05, 0.1) is 30.4 Å². The number of nitrogens with one attached hydrogen (secondary N) is 1. The summed E-state index contributed by atoms with van der Waals surface area (Å²) in [5, 5.41) is 9.35. The predicted molar refractivity (Wildman–Crippen MR) is 127 cm³/mol. The molecule has 1 aromatic carbocycles. The first-order chi connectivity index (χ1) is 16.9. The van der Waals surface area contributed by atoms with E-state index in [2.05, 4.69) is 28.6 Å². The molecule has 1 aromatic heterocycles. The standard InChI is InChI=1S/C25H31N5O5/c1-3-28-15-26-19-5-4-17(12-20(19)28)16-6-10-29(11-7-16)23(32)21-18(22(31)27-34)13-25(8-9-25)14-30(21)24(33)35-2/h4-6,12,15,18,21,34H,3,7-11,13-14H2,1-2H3,(H,27,31)/t18-,21-/m0/s1. The molecule has 1 saturated carbocycles. The van der Waals surface area contributed by atoms with Gasteiger partial charge in [-0.3, -0.25) is 19.7 Å². The molecule has 2 N–H and O–H groups in total. The van der Waals surface area contributed by atoms with Crippen molar-refractivity contribution in [3.05, 3.63) is 36.2 Å². The van der Waals surface area contributed by atoms with Crippen molar-refractivity contribution in [2.75, 3.05) is 26.7 Å². The van der Waals surface area contributed by atoms with Crippen molar-refractivity contribution >= 4 is 34.5 Å². The average molecular weight is 482 g/mol. The quantitative estimate of drug-likeness (QED) is 0.512. The summed E-state index contributed by atoms with van der Waals surface area (Å²) in [4.78, 5) is 46.4. The van der Waals surface area contributed by atoms with Gasteiger partial charge in [-0.05, 0) is 61.3 Å². The van der Waals surface area contributed by atoms with Crippen molar-refractivity contribution in [2.45, 2.75) is 45.2 Å². The van der Waals surface area contributed by atoms with Gasteiger partial charge in [-0.15, -0.1) is 0 Å². The van der Waals surface area contributed by atoms with Gasteiger partial charge >= 0.3 is 6.09 Å². The van der Waals surface area contributed by atoms with Crippen molar-refractivity contribution in [3.63, 3.8) is 0 Å². The van der Waals surface area contributed by atoms with E-state index in [0.717, 1.165) is 41.6 Å². The summed E-state index contributed by atoms with van der Waals surface area (Å²) >= 11 is 0. The molecule has 2 aliphatic heterocycles. The van der Waals surface area contributed by atoms with Gasteiger partial charge in [-0.1, -0.05) is 12.1 Å². The van der Waals surface area contributed by atoms with Crippen LogP contribution in [0.15, 0.2) is 30.6 Å². The first-order valence-corrected chi connectivity index (χ1v) is 12.1. The van der Waals surface area contributed by atoms with Crippen LogP contribution in [0.2, 0.25) is 0 Å². The Bertz CT molecular complexity index is 1170. The molecule has 10 nitrogen and oxygen atoms in total. The number of aromatic nitrogens is 2. The number of benzene rings is 1. The number of hydrogen-bond acceptors (Lipinski definition) is 6. The summed E-state index contributed by atoms with van der Waals surface area (Å²) in [6.45, 7) is 4.15. The number of piperidine rings is 1. The lowest BCUT2D eigenvalue weighted by atomic mass is 9.79. The maximum Gasteiger partial charge on any atom is 0.410 e. The van der Waals surface area contributed by atoms with E-state index in [0.29, 0.717) is 32.5 Å². The number of imidazole rings is 1. The number of ether oxygens (including phenoxy) is 1. The van der Waals surface area contributed by atoms with E-state index >= 15 is 0 Å². The maximum absolute atomic E-state index is 13.7. The van der Waals surface area contributed by atoms with Gasteiger partial charge in [0.2, 0.25) is 11.8 Å². The minimum atomic E-state index is -1.01. The monoisotopic (exact) mass is 481 g/mol. The predicted octanol–water partition coefficient (Wildman–Crippen LogP) is 2.41. The first kappa shape index (κ1) is 23.3. The van der Waals surface area contributed by atoms with Gasteiger partial charge in [0.1, 0.15) is 6.04 Å². The molecule has 10 heteroatoms. The van der Waals surface area contributed by atoms with Crippen LogP contribution >= 0.6 is 0 Å². The number of amides is 3. The molecule has 0 radical (unpaired) electrons. The van der Waals surface area contributed by atoms with E-state index < -0.39 is 24.0 Å². The zero-order chi connectivity index (χ0) is 24.7. The van der Waals surface area contributed by atoms with Crippen LogP contribution in [0.1, 0.15) is 38.2 Å². The van der Waals surface area contributed by atoms with Crippen molar-refractivity contribution in [1.29, 1.82) is 0 Å². The molecule has 0 unspecified atom stereocenters.